The van der Waals surface area contributed by atoms with E-state index in [9.17, 15) is 0 Å². The van der Waals surface area contributed by atoms with Gasteiger partial charge >= 0.3 is 0 Å². The second kappa shape index (κ2) is 5.40. The zero-order valence-corrected chi connectivity index (χ0v) is 11.8. The van der Waals surface area contributed by atoms with E-state index >= 15 is 0 Å². The molecule has 0 atom stereocenters. The maximum absolute atomic E-state index is 7.09. The van der Waals surface area contributed by atoms with Crippen LogP contribution in [0.25, 0.3) is 0 Å². The second-order valence-corrected chi connectivity index (χ2v) is 5.81. The van der Waals surface area contributed by atoms with Gasteiger partial charge in [0.05, 0.1) is 0 Å². The minimum atomic E-state index is 0.175. The lowest BCUT2D eigenvalue weighted by atomic mass is 10.2. The lowest BCUT2D eigenvalue weighted by molar-refractivity contribution is 1.37. The third-order valence-corrected chi connectivity index (χ3v) is 3.84. The highest BCUT2D eigenvalue weighted by Crippen LogP contribution is 2.20. The number of amidine groups is 1. The third kappa shape index (κ3) is 4.03. The van der Waals surface area contributed by atoms with Crippen molar-refractivity contribution < 1.29 is 0 Å². The zero-order chi connectivity index (χ0) is 9.84. The van der Waals surface area contributed by atoms with E-state index in [0.717, 1.165) is 5.75 Å². The topological polar surface area (TPSA) is 49.9 Å². The number of nitrogens with one attached hydrogen (secondary N) is 1. The molecule has 0 unspecified atom stereocenters. The van der Waals surface area contributed by atoms with Crippen LogP contribution >= 0.6 is 56.9 Å². The van der Waals surface area contributed by atoms with Crippen molar-refractivity contribution in [2.75, 3.05) is 0 Å². The van der Waals surface area contributed by atoms with Gasteiger partial charge in [0, 0.05) is 12.9 Å². The molecule has 0 saturated heterocycles. The van der Waals surface area contributed by atoms with E-state index in [4.69, 9.17) is 11.1 Å². The highest BCUT2D eigenvalue weighted by Gasteiger charge is 2.01. The summed E-state index contributed by atoms with van der Waals surface area (Å²) in [6.07, 6.45) is 0. The first kappa shape index (κ1) is 11.6. The van der Waals surface area contributed by atoms with Crippen molar-refractivity contribution >= 4 is 62.1 Å². The molecule has 0 aliphatic rings. The summed E-state index contributed by atoms with van der Waals surface area (Å²) in [7, 11) is 0. The van der Waals surface area contributed by atoms with Gasteiger partial charge < -0.3 is 5.73 Å². The fourth-order valence-corrected chi connectivity index (χ4v) is 3.41. The van der Waals surface area contributed by atoms with Gasteiger partial charge in [-0.05, 0) is 62.9 Å². The predicted octanol–water partition coefficient (Wildman–Crippen LogP) is 3.02. The smallest absolute Gasteiger partial charge is 0.151 e. The van der Waals surface area contributed by atoms with Crippen LogP contribution in [0.3, 0.4) is 0 Å². The summed E-state index contributed by atoms with van der Waals surface area (Å²) >= 11 is 5.95. The first-order valence-electron chi connectivity index (χ1n) is 3.50. The Bertz CT molecular complexity index is 328. The molecule has 13 heavy (non-hydrogen) atoms. The summed E-state index contributed by atoms with van der Waals surface area (Å²) in [5.41, 5.74) is 6.50. The van der Waals surface area contributed by atoms with Crippen molar-refractivity contribution in [1.29, 1.82) is 5.41 Å². The van der Waals surface area contributed by atoms with Crippen molar-refractivity contribution in [3.05, 3.63) is 30.9 Å². The molecule has 3 N–H and O–H groups in total. The highest BCUT2D eigenvalue weighted by atomic mass is 127. The van der Waals surface area contributed by atoms with E-state index in [-0.39, 0.29) is 5.17 Å². The van der Waals surface area contributed by atoms with Crippen molar-refractivity contribution in [3.63, 3.8) is 0 Å². The third-order valence-electron chi connectivity index (χ3n) is 1.40. The Labute approximate surface area is 109 Å². The monoisotopic (exact) mass is 418 g/mol. The Kier molecular flexibility index (Phi) is 4.81. The van der Waals surface area contributed by atoms with Crippen LogP contribution in [0.4, 0.5) is 0 Å². The molecule has 0 aliphatic carbocycles. The molecule has 0 bridgehead atoms. The van der Waals surface area contributed by atoms with Gasteiger partial charge in [0.15, 0.2) is 5.17 Å². The van der Waals surface area contributed by atoms with Crippen LogP contribution in [-0.2, 0) is 5.75 Å². The molecule has 0 fully saturated rings. The van der Waals surface area contributed by atoms with E-state index in [1.807, 2.05) is 0 Å². The van der Waals surface area contributed by atoms with Gasteiger partial charge in [-0.1, -0.05) is 17.8 Å². The van der Waals surface area contributed by atoms with Crippen LogP contribution in [0.1, 0.15) is 5.56 Å². The fourth-order valence-electron chi connectivity index (χ4n) is 0.794. The quantitative estimate of drug-likeness (QED) is 0.441. The molecule has 5 heteroatoms. The molecule has 0 saturated carbocycles. The minimum Gasteiger partial charge on any atom is -0.379 e. The predicted molar refractivity (Wildman–Crippen MR) is 75.1 cm³/mol. The van der Waals surface area contributed by atoms with Crippen molar-refractivity contribution in [2.24, 2.45) is 5.73 Å². The molecule has 0 aliphatic heterocycles. The molecule has 0 amide bonds. The summed E-state index contributed by atoms with van der Waals surface area (Å²) in [6.45, 7) is 0. The molecule has 0 heterocycles. The van der Waals surface area contributed by atoms with Crippen LogP contribution in [0.5, 0.6) is 0 Å². The molecule has 0 spiro atoms. The van der Waals surface area contributed by atoms with Gasteiger partial charge in [0.2, 0.25) is 0 Å². The average Bonchev–Trinajstić information content (AvgIpc) is 2.02. The van der Waals surface area contributed by atoms with E-state index < -0.39 is 0 Å². The normalized spacial score (nSPS) is 10.0. The Morgan fingerprint density at radius 2 is 2.15 bits per heavy atom. The molecular formula is C8H8I2N2S. The van der Waals surface area contributed by atoms with Gasteiger partial charge in [0.1, 0.15) is 0 Å². The number of halogens is 2. The van der Waals surface area contributed by atoms with Gasteiger partial charge in [-0.15, -0.1) is 0 Å². The summed E-state index contributed by atoms with van der Waals surface area (Å²) in [4.78, 5) is 0. The van der Waals surface area contributed by atoms with Crippen LogP contribution in [0.15, 0.2) is 18.2 Å². The summed E-state index contributed by atoms with van der Waals surface area (Å²) in [6, 6.07) is 6.27. The highest BCUT2D eigenvalue weighted by molar-refractivity contribution is 14.1. The van der Waals surface area contributed by atoms with E-state index in [1.54, 1.807) is 0 Å². The standard InChI is InChI=1S/C8H8I2N2S/c9-6-2-1-5(7(10)3-6)4-13-8(11)12/h1-3H,4H2,(H3,11,12). The van der Waals surface area contributed by atoms with E-state index in [0.29, 0.717) is 0 Å². The summed E-state index contributed by atoms with van der Waals surface area (Å²) < 4.78 is 2.47. The van der Waals surface area contributed by atoms with Gasteiger partial charge in [-0.3, -0.25) is 5.41 Å². The van der Waals surface area contributed by atoms with Crippen molar-refractivity contribution in [3.8, 4) is 0 Å². The lowest BCUT2D eigenvalue weighted by Crippen LogP contribution is -2.04. The van der Waals surface area contributed by atoms with Crippen LogP contribution in [0.2, 0.25) is 0 Å². The number of benzene rings is 1. The first-order valence-corrected chi connectivity index (χ1v) is 6.64. The van der Waals surface area contributed by atoms with Gasteiger partial charge in [-0.25, -0.2) is 0 Å². The lowest BCUT2D eigenvalue weighted by Gasteiger charge is -2.03. The molecule has 1 aromatic carbocycles. The average molecular weight is 418 g/mol. The van der Waals surface area contributed by atoms with Crippen LogP contribution in [-0.4, -0.2) is 5.17 Å². The van der Waals surface area contributed by atoms with Crippen molar-refractivity contribution in [1.82, 2.24) is 0 Å². The summed E-state index contributed by atoms with van der Waals surface area (Å²) in [5.74, 6) is 0.782. The maximum Gasteiger partial charge on any atom is 0.151 e. The molecule has 2 nitrogen and oxygen atoms in total. The number of rotatable bonds is 2. The fraction of sp³-hybridized carbons (Fsp3) is 0.125. The number of hydrogen-bond acceptors (Lipinski definition) is 2. The number of hydrogen-bond donors (Lipinski definition) is 2. The van der Waals surface area contributed by atoms with Crippen molar-refractivity contribution in [2.45, 2.75) is 5.75 Å². The maximum atomic E-state index is 7.09. The van der Waals surface area contributed by atoms with Gasteiger partial charge in [0.25, 0.3) is 0 Å². The zero-order valence-electron chi connectivity index (χ0n) is 6.68. The van der Waals surface area contributed by atoms with Crippen LogP contribution < -0.4 is 5.73 Å². The molecule has 0 radical (unpaired) electrons. The molecule has 70 valence electrons. The molecular weight excluding hydrogens is 410 g/mol. The van der Waals surface area contributed by atoms with Gasteiger partial charge in [-0.2, -0.15) is 0 Å². The Hall–Kier alpha value is 0.500. The van der Waals surface area contributed by atoms with Crippen LogP contribution in [0, 0.1) is 12.5 Å². The largest absolute Gasteiger partial charge is 0.379 e. The second-order valence-electron chi connectivity index (χ2n) is 2.39. The Balaban J connectivity index is 2.72. The molecule has 1 rings (SSSR count). The summed E-state index contributed by atoms with van der Waals surface area (Å²) in [5, 5.41) is 7.27. The Morgan fingerprint density at radius 1 is 1.46 bits per heavy atom. The Morgan fingerprint density at radius 3 is 2.69 bits per heavy atom. The van der Waals surface area contributed by atoms with E-state index in [1.165, 1.54) is 24.5 Å². The number of nitrogens with two attached hydrogens (primary N) is 1. The molecule has 0 aromatic heterocycles. The first-order chi connectivity index (χ1) is 6.09. The SMILES string of the molecule is N=C(N)SCc1ccc(I)cc1I. The molecule has 1 aromatic rings. The van der Waals surface area contributed by atoms with E-state index in [2.05, 4.69) is 63.4 Å². The minimum absolute atomic E-state index is 0.175. The number of thioether (sulfide) groups is 1.